The summed E-state index contributed by atoms with van der Waals surface area (Å²) in [5.41, 5.74) is 0. The minimum atomic E-state index is -0.478. The van der Waals surface area contributed by atoms with Gasteiger partial charge in [-0.05, 0) is 28.1 Å². The Morgan fingerprint density at radius 3 is 2.55 bits per heavy atom. The summed E-state index contributed by atoms with van der Waals surface area (Å²) < 4.78 is 15.4. The van der Waals surface area contributed by atoms with Crippen LogP contribution in [-0.4, -0.2) is 45.4 Å². The Hall–Kier alpha value is -1.38. The van der Waals surface area contributed by atoms with Gasteiger partial charge in [-0.1, -0.05) is 0 Å². The molecule has 0 bridgehead atoms. The zero-order valence-electron chi connectivity index (χ0n) is 11.3. The van der Waals surface area contributed by atoms with Gasteiger partial charge in [0.1, 0.15) is 0 Å². The van der Waals surface area contributed by atoms with Gasteiger partial charge in [0.05, 0.1) is 6.54 Å². The van der Waals surface area contributed by atoms with Crippen molar-refractivity contribution in [2.24, 2.45) is 0 Å². The molecule has 0 atom stereocenters. The van der Waals surface area contributed by atoms with Crippen LogP contribution in [0.25, 0.3) is 0 Å². The molecule has 0 saturated carbocycles. The lowest BCUT2D eigenvalue weighted by Gasteiger charge is -2.13. The van der Waals surface area contributed by atoms with E-state index in [4.69, 9.17) is 13.9 Å². The molecule has 0 aromatic carbocycles. The molecule has 1 aromatic rings. The van der Waals surface area contributed by atoms with Crippen molar-refractivity contribution < 1.29 is 23.5 Å². The first-order valence-corrected chi connectivity index (χ1v) is 6.72. The van der Waals surface area contributed by atoms with E-state index in [1.165, 1.54) is 14.2 Å². The van der Waals surface area contributed by atoms with Crippen molar-refractivity contribution in [3.8, 4) is 0 Å². The molecule has 2 amide bonds. The van der Waals surface area contributed by atoms with Crippen LogP contribution < -0.4 is 10.6 Å². The van der Waals surface area contributed by atoms with E-state index in [2.05, 4.69) is 26.6 Å². The van der Waals surface area contributed by atoms with Crippen LogP contribution >= 0.6 is 15.9 Å². The summed E-state index contributed by atoms with van der Waals surface area (Å²) in [6.45, 7) is 0.471. The average Bonchev–Trinajstić information content (AvgIpc) is 2.86. The van der Waals surface area contributed by atoms with Crippen LogP contribution in [-0.2, 0) is 14.3 Å². The zero-order valence-corrected chi connectivity index (χ0v) is 12.9. The van der Waals surface area contributed by atoms with Crippen LogP contribution in [0.1, 0.15) is 17.0 Å². The van der Waals surface area contributed by atoms with Gasteiger partial charge in [0, 0.05) is 27.2 Å². The zero-order chi connectivity index (χ0) is 15.0. The maximum absolute atomic E-state index is 11.6. The number of hydrogen-bond acceptors (Lipinski definition) is 5. The van der Waals surface area contributed by atoms with E-state index in [9.17, 15) is 9.59 Å². The van der Waals surface area contributed by atoms with Crippen LogP contribution in [0.5, 0.6) is 0 Å². The monoisotopic (exact) mass is 348 g/mol. The molecule has 0 unspecified atom stereocenters. The summed E-state index contributed by atoms with van der Waals surface area (Å²) in [5.74, 6) is -0.378. The number of halogens is 1. The first-order valence-electron chi connectivity index (χ1n) is 5.92. The molecule has 112 valence electrons. The van der Waals surface area contributed by atoms with E-state index < -0.39 is 6.29 Å². The number of hydrogen-bond donors (Lipinski definition) is 2. The highest BCUT2D eigenvalue weighted by Crippen LogP contribution is 2.13. The number of furan rings is 1. The van der Waals surface area contributed by atoms with Gasteiger partial charge in [0.15, 0.2) is 16.7 Å². The Morgan fingerprint density at radius 1 is 1.30 bits per heavy atom. The Morgan fingerprint density at radius 2 is 2.00 bits per heavy atom. The van der Waals surface area contributed by atoms with Gasteiger partial charge in [-0.2, -0.15) is 0 Å². The average molecular weight is 349 g/mol. The summed E-state index contributed by atoms with van der Waals surface area (Å²) in [6.07, 6.45) is -0.317. The molecule has 1 rings (SSSR count). The number of amides is 2. The minimum Gasteiger partial charge on any atom is -0.444 e. The Labute approximate surface area is 125 Å². The summed E-state index contributed by atoms with van der Waals surface area (Å²) in [7, 11) is 2.98. The molecular formula is C12H17BrN2O5. The predicted molar refractivity (Wildman–Crippen MR) is 74.2 cm³/mol. The highest BCUT2D eigenvalue weighted by Gasteiger charge is 2.11. The van der Waals surface area contributed by atoms with E-state index in [0.29, 0.717) is 4.67 Å². The highest BCUT2D eigenvalue weighted by molar-refractivity contribution is 9.10. The van der Waals surface area contributed by atoms with Gasteiger partial charge in [-0.25, -0.2) is 0 Å². The Kier molecular flexibility index (Phi) is 7.27. The fraction of sp³-hybridized carbons (Fsp3) is 0.500. The summed E-state index contributed by atoms with van der Waals surface area (Å²) in [4.78, 5) is 23.1. The Bertz CT molecular complexity index is 445. The minimum absolute atomic E-state index is 0.160. The second kappa shape index (κ2) is 8.72. The summed E-state index contributed by atoms with van der Waals surface area (Å²) in [5, 5.41) is 5.21. The van der Waals surface area contributed by atoms with Crippen LogP contribution in [0, 0.1) is 0 Å². The van der Waals surface area contributed by atoms with Crippen molar-refractivity contribution in [2.75, 3.05) is 27.3 Å². The summed E-state index contributed by atoms with van der Waals surface area (Å²) >= 11 is 3.11. The molecule has 0 aliphatic heterocycles. The van der Waals surface area contributed by atoms with Gasteiger partial charge in [-0.3, -0.25) is 9.59 Å². The topological polar surface area (TPSA) is 89.8 Å². The first-order chi connectivity index (χ1) is 9.56. The van der Waals surface area contributed by atoms with E-state index in [-0.39, 0.29) is 37.1 Å². The third kappa shape index (κ3) is 5.72. The molecule has 0 aliphatic carbocycles. The van der Waals surface area contributed by atoms with Crippen molar-refractivity contribution in [3.05, 3.63) is 22.6 Å². The van der Waals surface area contributed by atoms with Gasteiger partial charge in [0.25, 0.3) is 5.91 Å². The predicted octanol–water partition coefficient (Wildman–Crippen LogP) is 0.897. The molecule has 7 nitrogen and oxygen atoms in total. The van der Waals surface area contributed by atoms with E-state index in [1.54, 1.807) is 12.1 Å². The number of rotatable bonds is 8. The molecule has 1 aromatic heterocycles. The molecule has 0 spiro atoms. The Balaban J connectivity index is 2.20. The van der Waals surface area contributed by atoms with Crippen LogP contribution in [0.3, 0.4) is 0 Å². The SMILES string of the molecule is COC(CNC(=O)CCNC(=O)c1ccc(Br)o1)OC. The van der Waals surface area contributed by atoms with Crippen molar-refractivity contribution in [1.82, 2.24) is 10.6 Å². The second-order valence-electron chi connectivity index (χ2n) is 3.81. The molecule has 0 radical (unpaired) electrons. The lowest BCUT2D eigenvalue weighted by atomic mass is 10.3. The number of methoxy groups -OCH3 is 2. The standard InChI is InChI=1S/C12H17BrN2O5/c1-18-11(19-2)7-15-10(16)5-6-14-12(17)8-3-4-9(13)20-8/h3-4,11H,5-7H2,1-2H3,(H,14,17)(H,15,16). The molecule has 8 heteroatoms. The highest BCUT2D eigenvalue weighted by atomic mass is 79.9. The van der Waals surface area contributed by atoms with E-state index in [1.807, 2.05) is 0 Å². The van der Waals surface area contributed by atoms with Crippen LogP contribution in [0.2, 0.25) is 0 Å². The van der Waals surface area contributed by atoms with Crippen molar-refractivity contribution >= 4 is 27.7 Å². The number of carbonyl (C=O) groups is 2. The van der Waals surface area contributed by atoms with Gasteiger partial charge < -0.3 is 24.5 Å². The van der Waals surface area contributed by atoms with Crippen molar-refractivity contribution in [2.45, 2.75) is 12.7 Å². The van der Waals surface area contributed by atoms with E-state index >= 15 is 0 Å². The van der Waals surface area contributed by atoms with Gasteiger partial charge >= 0.3 is 0 Å². The number of ether oxygens (including phenoxy) is 2. The maximum atomic E-state index is 11.6. The smallest absolute Gasteiger partial charge is 0.287 e. The van der Waals surface area contributed by atoms with Gasteiger partial charge in [-0.15, -0.1) is 0 Å². The largest absolute Gasteiger partial charge is 0.444 e. The first kappa shape index (κ1) is 16.7. The third-order valence-electron chi connectivity index (χ3n) is 2.43. The maximum Gasteiger partial charge on any atom is 0.287 e. The molecule has 0 fully saturated rings. The molecule has 0 aliphatic rings. The van der Waals surface area contributed by atoms with Crippen molar-refractivity contribution in [3.63, 3.8) is 0 Å². The lowest BCUT2D eigenvalue weighted by Crippen LogP contribution is -2.36. The van der Waals surface area contributed by atoms with Crippen molar-refractivity contribution in [1.29, 1.82) is 0 Å². The molecule has 2 N–H and O–H groups in total. The molecule has 1 heterocycles. The quantitative estimate of drug-likeness (QED) is 0.681. The number of carbonyl (C=O) groups excluding carboxylic acids is 2. The van der Waals surface area contributed by atoms with Crippen LogP contribution in [0.15, 0.2) is 21.2 Å². The summed E-state index contributed by atoms with van der Waals surface area (Å²) in [6, 6.07) is 3.17. The van der Waals surface area contributed by atoms with E-state index in [0.717, 1.165) is 0 Å². The fourth-order valence-corrected chi connectivity index (χ4v) is 1.67. The van der Waals surface area contributed by atoms with Gasteiger partial charge in [0.2, 0.25) is 5.91 Å². The second-order valence-corrected chi connectivity index (χ2v) is 4.60. The molecular weight excluding hydrogens is 332 g/mol. The lowest BCUT2D eigenvalue weighted by molar-refractivity contribution is -0.127. The normalized spacial score (nSPS) is 10.6. The van der Waals surface area contributed by atoms with Crippen LogP contribution in [0.4, 0.5) is 0 Å². The number of nitrogens with one attached hydrogen (secondary N) is 2. The molecule has 20 heavy (non-hydrogen) atoms. The molecule has 0 saturated heterocycles. The third-order valence-corrected chi connectivity index (χ3v) is 2.85. The fourth-order valence-electron chi connectivity index (χ4n) is 1.36.